The summed E-state index contributed by atoms with van der Waals surface area (Å²) in [6, 6.07) is 3.82. The van der Waals surface area contributed by atoms with Gasteiger partial charge >= 0.3 is 0 Å². The predicted octanol–water partition coefficient (Wildman–Crippen LogP) is 3.15. The largest absolute Gasteiger partial charge is 0.437 e. The minimum absolute atomic E-state index is 0.296. The summed E-state index contributed by atoms with van der Waals surface area (Å²) in [4.78, 5) is 8.93. The highest BCUT2D eigenvalue weighted by Gasteiger charge is 2.19. The fraction of sp³-hybridized carbons (Fsp3) is 0.214. The van der Waals surface area contributed by atoms with Gasteiger partial charge in [-0.05, 0) is 52.9 Å². The normalized spacial score (nSPS) is 13.1. The van der Waals surface area contributed by atoms with Crippen molar-refractivity contribution in [2.24, 2.45) is 5.73 Å². The standard InChI is InChI=1S/C14H12BrN3OS/c15-9-5-10(7-17-6-9)19-14-11(13(16)20)4-8-2-1-3-12(8)18-14/h4-7H,1-3H2,(H2,16,20). The van der Waals surface area contributed by atoms with Crippen molar-refractivity contribution < 1.29 is 4.74 Å². The minimum Gasteiger partial charge on any atom is -0.437 e. The number of fused-ring (bicyclic) bond motifs is 1. The number of pyridine rings is 2. The fourth-order valence-corrected chi connectivity index (χ4v) is 2.76. The van der Waals surface area contributed by atoms with Crippen molar-refractivity contribution in [1.29, 1.82) is 0 Å². The van der Waals surface area contributed by atoms with E-state index in [1.54, 1.807) is 12.4 Å². The number of hydrogen-bond donors (Lipinski definition) is 1. The molecule has 0 spiro atoms. The molecule has 102 valence electrons. The van der Waals surface area contributed by atoms with Gasteiger partial charge < -0.3 is 10.5 Å². The second kappa shape index (κ2) is 5.46. The Labute approximate surface area is 130 Å². The molecule has 0 unspecified atom stereocenters. The molecule has 0 atom stereocenters. The third-order valence-corrected chi connectivity index (χ3v) is 3.83. The van der Waals surface area contributed by atoms with E-state index in [4.69, 9.17) is 22.7 Å². The highest BCUT2D eigenvalue weighted by atomic mass is 79.9. The average Bonchev–Trinajstić information content (AvgIpc) is 2.84. The molecule has 0 saturated heterocycles. The molecule has 2 aromatic rings. The molecule has 2 aromatic heterocycles. The number of nitrogens with zero attached hydrogens (tertiary/aromatic N) is 2. The lowest BCUT2D eigenvalue weighted by molar-refractivity contribution is 0.457. The Bertz CT molecular complexity index is 690. The number of rotatable bonds is 3. The highest BCUT2D eigenvalue weighted by molar-refractivity contribution is 9.10. The van der Waals surface area contributed by atoms with Gasteiger partial charge in [-0.3, -0.25) is 4.98 Å². The van der Waals surface area contributed by atoms with E-state index >= 15 is 0 Å². The molecule has 2 N–H and O–H groups in total. The Hall–Kier alpha value is -1.53. The first-order valence-electron chi connectivity index (χ1n) is 6.24. The smallest absolute Gasteiger partial charge is 0.229 e. The number of thiocarbonyl (C=S) groups is 1. The van der Waals surface area contributed by atoms with Crippen molar-refractivity contribution in [2.45, 2.75) is 19.3 Å². The molecular weight excluding hydrogens is 338 g/mol. The molecule has 0 radical (unpaired) electrons. The van der Waals surface area contributed by atoms with Gasteiger partial charge in [0.05, 0.1) is 11.8 Å². The quantitative estimate of drug-likeness (QED) is 0.862. The molecule has 6 heteroatoms. The zero-order valence-corrected chi connectivity index (χ0v) is 13.0. The zero-order valence-electron chi connectivity index (χ0n) is 10.6. The first-order valence-corrected chi connectivity index (χ1v) is 7.44. The molecular formula is C14H12BrN3OS. The topological polar surface area (TPSA) is 61.0 Å². The van der Waals surface area contributed by atoms with Crippen LogP contribution in [-0.4, -0.2) is 15.0 Å². The van der Waals surface area contributed by atoms with Crippen LogP contribution in [0, 0.1) is 0 Å². The first-order chi connectivity index (χ1) is 9.63. The van der Waals surface area contributed by atoms with Crippen LogP contribution in [0.3, 0.4) is 0 Å². The number of hydrogen-bond acceptors (Lipinski definition) is 4. The maximum atomic E-state index is 5.81. The van der Waals surface area contributed by atoms with Gasteiger partial charge in [0.2, 0.25) is 5.88 Å². The number of ether oxygens (including phenoxy) is 1. The van der Waals surface area contributed by atoms with Gasteiger partial charge in [-0.25, -0.2) is 4.98 Å². The van der Waals surface area contributed by atoms with Gasteiger partial charge in [-0.1, -0.05) is 12.2 Å². The van der Waals surface area contributed by atoms with Crippen LogP contribution in [0.5, 0.6) is 11.6 Å². The van der Waals surface area contributed by atoms with Crippen molar-refractivity contribution >= 4 is 33.1 Å². The van der Waals surface area contributed by atoms with Crippen LogP contribution >= 0.6 is 28.1 Å². The maximum absolute atomic E-state index is 5.81. The Balaban J connectivity index is 2.01. The van der Waals surface area contributed by atoms with E-state index in [1.165, 1.54) is 5.56 Å². The zero-order chi connectivity index (χ0) is 14.1. The third-order valence-electron chi connectivity index (χ3n) is 3.18. The van der Waals surface area contributed by atoms with E-state index in [1.807, 2.05) is 12.1 Å². The molecule has 0 fully saturated rings. The van der Waals surface area contributed by atoms with Crippen molar-refractivity contribution in [1.82, 2.24) is 9.97 Å². The summed E-state index contributed by atoms with van der Waals surface area (Å²) in [6.07, 6.45) is 6.43. The number of aryl methyl sites for hydroxylation is 2. The molecule has 3 rings (SSSR count). The van der Waals surface area contributed by atoms with Crippen molar-refractivity contribution in [3.63, 3.8) is 0 Å². The second-order valence-electron chi connectivity index (χ2n) is 4.61. The highest BCUT2D eigenvalue weighted by Crippen LogP contribution is 2.30. The fourth-order valence-electron chi connectivity index (χ4n) is 2.27. The molecule has 0 saturated carbocycles. The predicted molar refractivity (Wildman–Crippen MR) is 84.2 cm³/mol. The van der Waals surface area contributed by atoms with E-state index in [0.717, 1.165) is 29.4 Å². The lowest BCUT2D eigenvalue weighted by Gasteiger charge is -2.11. The summed E-state index contributed by atoms with van der Waals surface area (Å²) in [5.41, 5.74) is 8.75. The van der Waals surface area contributed by atoms with E-state index in [0.29, 0.717) is 22.2 Å². The van der Waals surface area contributed by atoms with Crippen molar-refractivity contribution in [2.75, 3.05) is 0 Å². The van der Waals surface area contributed by atoms with Crippen LogP contribution in [0.4, 0.5) is 0 Å². The molecule has 1 aliphatic carbocycles. The lowest BCUT2D eigenvalue weighted by Crippen LogP contribution is -2.13. The molecule has 0 aromatic carbocycles. The second-order valence-corrected chi connectivity index (χ2v) is 5.96. The Morgan fingerprint density at radius 3 is 2.90 bits per heavy atom. The lowest BCUT2D eigenvalue weighted by atomic mass is 10.1. The number of halogens is 1. The molecule has 0 amide bonds. The number of aromatic nitrogens is 2. The van der Waals surface area contributed by atoms with E-state index < -0.39 is 0 Å². The van der Waals surface area contributed by atoms with Crippen LogP contribution in [-0.2, 0) is 12.8 Å². The number of nitrogens with two attached hydrogens (primary N) is 1. The minimum atomic E-state index is 0.296. The Morgan fingerprint density at radius 2 is 2.15 bits per heavy atom. The summed E-state index contributed by atoms with van der Waals surface area (Å²) in [6.45, 7) is 0. The third kappa shape index (κ3) is 2.66. The van der Waals surface area contributed by atoms with Gasteiger partial charge in [0.25, 0.3) is 0 Å². The summed E-state index contributed by atoms with van der Waals surface area (Å²) >= 11 is 8.45. The van der Waals surface area contributed by atoms with Gasteiger partial charge in [-0.15, -0.1) is 0 Å². The van der Waals surface area contributed by atoms with E-state index in [9.17, 15) is 0 Å². The molecule has 2 heterocycles. The van der Waals surface area contributed by atoms with Crippen LogP contribution in [0.2, 0.25) is 0 Å². The maximum Gasteiger partial charge on any atom is 0.229 e. The monoisotopic (exact) mass is 349 g/mol. The summed E-state index contributed by atoms with van der Waals surface area (Å²) in [5, 5.41) is 0. The summed E-state index contributed by atoms with van der Waals surface area (Å²) in [5.74, 6) is 1.06. The summed E-state index contributed by atoms with van der Waals surface area (Å²) < 4.78 is 6.65. The Morgan fingerprint density at radius 1 is 1.30 bits per heavy atom. The van der Waals surface area contributed by atoms with Gasteiger partial charge in [0.1, 0.15) is 10.7 Å². The van der Waals surface area contributed by atoms with Crippen LogP contribution in [0.25, 0.3) is 0 Å². The molecule has 1 aliphatic rings. The SMILES string of the molecule is NC(=S)c1cc2c(nc1Oc1cncc(Br)c1)CCC2. The average molecular weight is 350 g/mol. The van der Waals surface area contributed by atoms with Crippen LogP contribution in [0.1, 0.15) is 23.2 Å². The van der Waals surface area contributed by atoms with E-state index in [-0.39, 0.29) is 0 Å². The molecule has 0 aliphatic heterocycles. The Kier molecular flexibility index (Phi) is 3.67. The van der Waals surface area contributed by atoms with Crippen molar-refractivity contribution in [3.8, 4) is 11.6 Å². The van der Waals surface area contributed by atoms with Crippen LogP contribution in [0.15, 0.2) is 29.0 Å². The molecule has 4 nitrogen and oxygen atoms in total. The molecule has 0 bridgehead atoms. The summed E-state index contributed by atoms with van der Waals surface area (Å²) in [7, 11) is 0. The van der Waals surface area contributed by atoms with E-state index in [2.05, 4.69) is 25.9 Å². The first kappa shape index (κ1) is 13.5. The van der Waals surface area contributed by atoms with Crippen LogP contribution < -0.4 is 10.5 Å². The van der Waals surface area contributed by atoms with Gasteiger partial charge in [-0.2, -0.15) is 0 Å². The van der Waals surface area contributed by atoms with Gasteiger partial charge in [0.15, 0.2) is 0 Å². The molecule has 20 heavy (non-hydrogen) atoms. The van der Waals surface area contributed by atoms with Crippen molar-refractivity contribution in [3.05, 3.63) is 45.8 Å². The van der Waals surface area contributed by atoms with Gasteiger partial charge in [0, 0.05) is 16.4 Å².